The molecule has 0 aromatic heterocycles. The van der Waals surface area contributed by atoms with Gasteiger partial charge in [0.05, 0.1) is 12.3 Å². The summed E-state index contributed by atoms with van der Waals surface area (Å²) in [6, 6.07) is 64.9. The Morgan fingerprint density at radius 1 is 0.410 bits per heavy atom. The Labute approximate surface area is 363 Å². The fourth-order valence-electron chi connectivity index (χ4n) is 8.29. The lowest BCUT2D eigenvalue weighted by Gasteiger charge is -2.27. The Bertz CT molecular complexity index is 1860. The Morgan fingerprint density at radius 3 is 0.918 bits per heavy atom. The zero-order valence-corrected chi connectivity index (χ0v) is 37.1. The lowest BCUT2D eigenvalue weighted by Crippen LogP contribution is -2.35. The van der Waals surface area contributed by atoms with Crippen molar-refractivity contribution < 1.29 is 23.9 Å². The number of benzene rings is 6. The fraction of sp³-hybridized carbons (Fsp3) is 0.264. The second-order valence-electron chi connectivity index (χ2n) is 15.4. The van der Waals surface area contributed by atoms with E-state index in [1.807, 2.05) is 0 Å². The monoisotopic (exact) mass is 851 g/mol. The molecule has 0 atom stereocenters. The summed E-state index contributed by atoms with van der Waals surface area (Å²) in [5.74, 6) is -1.81. The summed E-state index contributed by atoms with van der Waals surface area (Å²) < 4.78 is 11.2. The largest absolute Gasteiger partial charge is 0.465 e. The number of carbonyl (C=O) groups is 3. The van der Waals surface area contributed by atoms with Crippen LogP contribution in [0, 0.1) is 5.92 Å². The standard InChI is InChI=1S/C53H58NO5P2/c1-54-53(57)44(42-58-51(55)38-22-8-24-40-60(45-26-10-2-11-27-45,46-28-12-3-13-29-46)47-30-14-4-15-31-47)43-59-52(56)39-23-9-25-41-61(48-32-16-5-17-33-48,49-34-18-6-19-35-49)50-36-20-7-21-37-50/h2-7,10-21,26-37,44H,8-9,22-25,38-43H2,1H3/q+1/p+1. The van der Waals surface area contributed by atoms with Crippen molar-refractivity contribution in [3.63, 3.8) is 0 Å². The van der Waals surface area contributed by atoms with Gasteiger partial charge in [0.2, 0.25) is 5.91 Å². The predicted octanol–water partition coefficient (Wildman–Crippen LogP) is 8.54. The molecule has 0 spiro atoms. The number of amides is 1. The first kappa shape index (κ1) is 45.1. The lowest BCUT2D eigenvalue weighted by atomic mass is 10.1. The van der Waals surface area contributed by atoms with Gasteiger partial charge in [-0.2, -0.15) is 0 Å². The zero-order chi connectivity index (χ0) is 42.6. The highest BCUT2D eigenvalue weighted by Crippen LogP contribution is 2.57. The number of rotatable bonds is 23. The van der Waals surface area contributed by atoms with Gasteiger partial charge in [-0.15, -0.1) is 0 Å². The summed E-state index contributed by atoms with van der Waals surface area (Å²) in [7, 11) is -2.32. The van der Waals surface area contributed by atoms with Crippen molar-refractivity contribution in [1.29, 1.82) is 0 Å². The molecule has 6 aromatic carbocycles. The van der Waals surface area contributed by atoms with Crippen molar-refractivity contribution in [2.45, 2.75) is 51.4 Å². The minimum atomic E-state index is -1.93. The first-order chi connectivity index (χ1) is 30.0. The molecule has 0 saturated heterocycles. The van der Waals surface area contributed by atoms with Crippen LogP contribution >= 0.6 is 14.5 Å². The number of ether oxygens (including phenoxy) is 2. The lowest BCUT2D eigenvalue weighted by molar-refractivity contribution is -0.151. The van der Waals surface area contributed by atoms with E-state index in [2.05, 4.69) is 187 Å². The molecule has 0 aliphatic rings. The molecule has 314 valence electrons. The zero-order valence-electron chi connectivity index (χ0n) is 35.3. The molecular formula is C53H59NO5P2+2. The summed E-state index contributed by atoms with van der Waals surface area (Å²) >= 11 is 0. The van der Waals surface area contributed by atoms with E-state index in [0.29, 0.717) is 12.8 Å². The third kappa shape index (κ3) is 11.9. The van der Waals surface area contributed by atoms with Gasteiger partial charge in [-0.25, -0.2) is 0 Å². The van der Waals surface area contributed by atoms with Crippen molar-refractivity contribution in [2.75, 3.05) is 32.6 Å². The number of nitrogens with one attached hydrogen (secondary N) is 1. The van der Waals surface area contributed by atoms with Crippen LogP contribution in [0.3, 0.4) is 0 Å². The molecule has 0 aliphatic carbocycles. The van der Waals surface area contributed by atoms with Crippen molar-refractivity contribution >= 4 is 64.2 Å². The normalized spacial score (nSPS) is 11.5. The maximum absolute atomic E-state index is 12.9. The number of unbranched alkanes of at least 4 members (excludes halogenated alkanes) is 4. The average Bonchev–Trinajstić information content (AvgIpc) is 3.33. The van der Waals surface area contributed by atoms with Gasteiger partial charge in [-0.3, -0.25) is 14.4 Å². The van der Waals surface area contributed by atoms with Gasteiger partial charge < -0.3 is 14.8 Å². The molecule has 0 unspecified atom stereocenters. The quantitative estimate of drug-likeness (QED) is 0.0397. The van der Waals surface area contributed by atoms with Crippen LogP contribution in [-0.2, 0) is 23.9 Å². The summed E-state index contributed by atoms with van der Waals surface area (Å²) in [5.41, 5.74) is 0. The van der Waals surface area contributed by atoms with E-state index >= 15 is 0 Å². The van der Waals surface area contributed by atoms with Crippen LogP contribution < -0.4 is 37.1 Å². The summed E-state index contributed by atoms with van der Waals surface area (Å²) in [5, 5.41) is 10.7. The van der Waals surface area contributed by atoms with Crippen LogP contribution in [0.25, 0.3) is 0 Å². The van der Waals surface area contributed by atoms with Gasteiger partial charge in [0.15, 0.2) is 0 Å². The van der Waals surface area contributed by atoms with Crippen LogP contribution in [0.1, 0.15) is 51.4 Å². The van der Waals surface area contributed by atoms with Crippen molar-refractivity contribution in [1.82, 2.24) is 5.32 Å². The smallest absolute Gasteiger partial charge is 0.305 e. The van der Waals surface area contributed by atoms with Gasteiger partial charge in [0.1, 0.15) is 65.5 Å². The Hall–Kier alpha value is -5.41. The second-order valence-corrected chi connectivity index (χ2v) is 22.6. The fourth-order valence-corrected chi connectivity index (χ4v) is 17.1. The Balaban J connectivity index is 0.961. The molecule has 6 nitrogen and oxygen atoms in total. The maximum Gasteiger partial charge on any atom is 0.305 e. The average molecular weight is 852 g/mol. The number of carbonyl (C=O) groups excluding carboxylic acids is 3. The third-order valence-electron chi connectivity index (χ3n) is 11.4. The summed E-state index contributed by atoms with van der Waals surface area (Å²) in [6.45, 7) is -0.276. The third-order valence-corrected chi connectivity index (χ3v) is 20.5. The van der Waals surface area contributed by atoms with E-state index in [9.17, 15) is 14.4 Å². The van der Waals surface area contributed by atoms with Crippen LogP contribution in [0.5, 0.6) is 0 Å². The van der Waals surface area contributed by atoms with E-state index in [1.54, 1.807) is 0 Å². The molecule has 1 amide bonds. The highest BCUT2D eigenvalue weighted by Gasteiger charge is 2.45. The molecule has 61 heavy (non-hydrogen) atoms. The van der Waals surface area contributed by atoms with E-state index in [-0.39, 0.29) is 43.9 Å². The number of hydrogen-bond donors (Lipinski definition) is 1. The topological polar surface area (TPSA) is 81.7 Å². The molecule has 0 saturated carbocycles. The number of esters is 2. The first-order valence-corrected chi connectivity index (χ1v) is 25.5. The highest BCUT2D eigenvalue weighted by atomic mass is 31.2. The van der Waals surface area contributed by atoms with E-state index in [0.717, 1.165) is 38.0 Å². The maximum atomic E-state index is 12.9. The predicted molar refractivity (Wildman–Crippen MR) is 256 cm³/mol. The van der Waals surface area contributed by atoms with Crippen molar-refractivity contribution in [3.8, 4) is 0 Å². The molecule has 6 aromatic rings. The molecule has 6 rings (SSSR count). The minimum Gasteiger partial charge on any atom is -0.465 e. The van der Waals surface area contributed by atoms with Crippen molar-refractivity contribution in [2.24, 2.45) is 5.92 Å². The van der Waals surface area contributed by atoms with E-state index in [4.69, 9.17) is 9.47 Å². The van der Waals surface area contributed by atoms with Crippen molar-refractivity contribution in [3.05, 3.63) is 182 Å². The molecule has 1 N–H and O–H groups in total. The van der Waals surface area contributed by atoms with Crippen LogP contribution in [0.4, 0.5) is 0 Å². The first-order valence-electron chi connectivity index (χ1n) is 21.6. The molecule has 0 fully saturated rings. The molecule has 0 bridgehead atoms. The molecule has 0 radical (unpaired) electrons. The van der Waals surface area contributed by atoms with Crippen LogP contribution in [0.2, 0.25) is 0 Å². The van der Waals surface area contributed by atoms with Crippen LogP contribution in [0.15, 0.2) is 182 Å². The summed E-state index contributed by atoms with van der Waals surface area (Å²) in [6.07, 6.45) is 7.50. The highest BCUT2D eigenvalue weighted by molar-refractivity contribution is 7.96. The summed E-state index contributed by atoms with van der Waals surface area (Å²) in [4.78, 5) is 38.6. The van der Waals surface area contributed by atoms with Gasteiger partial charge >= 0.3 is 11.9 Å². The van der Waals surface area contributed by atoms with Gasteiger partial charge in [-0.1, -0.05) is 109 Å². The SMILES string of the molecule is CNC(=O)C(COC(=O)CCCCC[P+](c1ccccc1)(c1ccccc1)c1ccccc1)COC(=O)CCCCC[P+](c1ccccc1)(c1ccccc1)c1ccccc1. The van der Waals surface area contributed by atoms with Crippen LogP contribution in [-0.4, -0.2) is 50.4 Å². The molecule has 0 aliphatic heterocycles. The Morgan fingerprint density at radius 2 is 0.672 bits per heavy atom. The minimum absolute atomic E-state index is 0.138. The van der Waals surface area contributed by atoms with Gasteiger partial charge in [-0.05, 0) is 111 Å². The molecule has 0 heterocycles. The van der Waals surface area contributed by atoms with E-state index < -0.39 is 20.4 Å². The molecule has 8 heteroatoms. The number of hydrogen-bond acceptors (Lipinski definition) is 5. The van der Waals surface area contributed by atoms with E-state index in [1.165, 1.54) is 38.9 Å². The second kappa shape index (κ2) is 23.6. The molecular weight excluding hydrogens is 793 g/mol. The van der Waals surface area contributed by atoms with Gasteiger partial charge in [0.25, 0.3) is 0 Å². The van der Waals surface area contributed by atoms with Gasteiger partial charge in [0, 0.05) is 19.9 Å². The Kier molecular flexibility index (Phi) is 17.4.